The predicted molar refractivity (Wildman–Crippen MR) is 80.1 cm³/mol. The highest BCUT2D eigenvalue weighted by molar-refractivity contribution is 5.56. The first-order chi connectivity index (χ1) is 9.81. The van der Waals surface area contributed by atoms with Gasteiger partial charge in [-0.2, -0.15) is 0 Å². The van der Waals surface area contributed by atoms with Crippen molar-refractivity contribution in [3.63, 3.8) is 0 Å². The molecule has 0 saturated carbocycles. The van der Waals surface area contributed by atoms with Gasteiger partial charge in [0, 0.05) is 24.3 Å². The van der Waals surface area contributed by atoms with E-state index in [-0.39, 0.29) is 12.4 Å². The minimum Gasteiger partial charge on any atom is -0.364 e. The largest absolute Gasteiger partial charge is 0.364 e. The summed E-state index contributed by atoms with van der Waals surface area (Å²) in [7, 11) is 0. The van der Waals surface area contributed by atoms with Crippen molar-refractivity contribution in [1.29, 1.82) is 0 Å². The van der Waals surface area contributed by atoms with Crippen LogP contribution in [0.15, 0.2) is 48.5 Å². The maximum Gasteiger partial charge on any atom is 0.129 e. The molecule has 0 aromatic heterocycles. The van der Waals surface area contributed by atoms with Crippen LogP contribution in [0.25, 0.3) is 0 Å². The van der Waals surface area contributed by atoms with E-state index in [0.29, 0.717) is 11.6 Å². The van der Waals surface area contributed by atoms with Crippen LogP contribution < -0.4 is 10.6 Å². The summed E-state index contributed by atoms with van der Waals surface area (Å²) >= 11 is 0. The molecule has 1 aliphatic heterocycles. The third-order valence-electron chi connectivity index (χ3n) is 4.04. The molecule has 2 aromatic rings. The second kappa shape index (κ2) is 5.63. The van der Waals surface area contributed by atoms with E-state index in [9.17, 15) is 4.39 Å². The summed E-state index contributed by atoms with van der Waals surface area (Å²) in [6, 6.07) is 16.0. The molecule has 104 valence electrons. The summed E-state index contributed by atoms with van der Waals surface area (Å²) in [4.78, 5) is 2.29. The zero-order valence-corrected chi connectivity index (χ0v) is 11.4. The molecule has 2 N–H and O–H groups in total. The van der Waals surface area contributed by atoms with Crippen LogP contribution in [0, 0.1) is 5.82 Å². The Morgan fingerprint density at radius 2 is 1.90 bits per heavy atom. The molecule has 20 heavy (non-hydrogen) atoms. The molecule has 1 unspecified atom stereocenters. The molecule has 1 atom stereocenters. The molecule has 2 nitrogen and oxygen atoms in total. The molecule has 0 amide bonds. The Balaban J connectivity index is 1.99. The topological polar surface area (TPSA) is 29.3 Å². The molecule has 1 fully saturated rings. The van der Waals surface area contributed by atoms with Crippen molar-refractivity contribution < 1.29 is 4.39 Å². The van der Waals surface area contributed by atoms with Crippen LogP contribution in [-0.2, 0) is 6.54 Å². The Hall–Kier alpha value is -1.87. The van der Waals surface area contributed by atoms with Crippen molar-refractivity contribution in [2.45, 2.75) is 25.4 Å². The van der Waals surface area contributed by atoms with E-state index in [1.807, 2.05) is 12.1 Å². The highest BCUT2D eigenvalue weighted by Gasteiger charge is 2.27. The molecular weight excluding hydrogens is 251 g/mol. The lowest BCUT2D eigenvalue weighted by atomic mass is 10.0. The van der Waals surface area contributed by atoms with Gasteiger partial charge in [-0.25, -0.2) is 4.39 Å². The zero-order valence-electron chi connectivity index (χ0n) is 11.4. The van der Waals surface area contributed by atoms with Crippen LogP contribution in [0.5, 0.6) is 0 Å². The molecule has 0 spiro atoms. The second-order valence-electron chi connectivity index (χ2n) is 5.20. The summed E-state index contributed by atoms with van der Waals surface area (Å²) in [6.45, 7) is 1.19. The summed E-state index contributed by atoms with van der Waals surface area (Å²) in [5, 5.41) is 0. The highest BCUT2D eigenvalue weighted by atomic mass is 19.1. The van der Waals surface area contributed by atoms with Gasteiger partial charge in [0.1, 0.15) is 5.82 Å². The average molecular weight is 270 g/mol. The normalized spacial score (nSPS) is 18.5. The van der Waals surface area contributed by atoms with Crippen molar-refractivity contribution in [3.05, 3.63) is 65.5 Å². The van der Waals surface area contributed by atoms with Gasteiger partial charge in [-0.05, 0) is 30.5 Å². The van der Waals surface area contributed by atoms with E-state index in [2.05, 4.69) is 29.2 Å². The quantitative estimate of drug-likeness (QED) is 0.923. The predicted octanol–water partition coefficient (Wildman–Crippen LogP) is 3.63. The number of nitrogens with zero attached hydrogens (tertiary/aromatic N) is 1. The first kappa shape index (κ1) is 13.1. The lowest BCUT2D eigenvalue weighted by Crippen LogP contribution is -2.24. The fraction of sp³-hybridized carbons (Fsp3) is 0.294. The maximum atomic E-state index is 13.9. The average Bonchev–Trinajstić information content (AvgIpc) is 2.97. The second-order valence-corrected chi connectivity index (χ2v) is 5.20. The molecule has 1 saturated heterocycles. The molecule has 1 heterocycles. The minimum atomic E-state index is -0.205. The number of hydrogen-bond donors (Lipinski definition) is 1. The minimum absolute atomic E-state index is 0.205. The van der Waals surface area contributed by atoms with E-state index in [4.69, 9.17) is 5.73 Å². The molecule has 3 heteroatoms. The van der Waals surface area contributed by atoms with Gasteiger partial charge in [-0.1, -0.05) is 36.4 Å². The molecule has 2 aromatic carbocycles. The number of hydrogen-bond acceptors (Lipinski definition) is 2. The lowest BCUT2D eigenvalue weighted by Gasteiger charge is -2.29. The van der Waals surface area contributed by atoms with Crippen LogP contribution in [0.3, 0.4) is 0 Å². The van der Waals surface area contributed by atoms with Crippen molar-refractivity contribution >= 4 is 5.69 Å². The van der Waals surface area contributed by atoms with Crippen LogP contribution in [0.2, 0.25) is 0 Å². The molecule has 0 bridgehead atoms. The smallest absolute Gasteiger partial charge is 0.129 e. The molecular formula is C17H19FN2. The van der Waals surface area contributed by atoms with Gasteiger partial charge in [-0.3, -0.25) is 0 Å². The van der Waals surface area contributed by atoms with Crippen LogP contribution in [0.4, 0.5) is 10.1 Å². The SMILES string of the molecule is NCc1c(F)cccc1N1CCCC1c1ccccc1. The summed E-state index contributed by atoms with van der Waals surface area (Å²) in [5.74, 6) is -0.205. The molecule has 0 radical (unpaired) electrons. The van der Waals surface area contributed by atoms with Crippen molar-refractivity contribution in [1.82, 2.24) is 0 Å². The first-order valence-corrected chi connectivity index (χ1v) is 7.10. The van der Waals surface area contributed by atoms with Crippen LogP contribution in [0.1, 0.15) is 30.0 Å². The standard InChI is InChI=1S/C17H19FN2/c18-15-8-4-9-17(14(15)12-19)20-11-5-10-16(20)13-6-2-1-3-7-13/h1-4,6-9,16H,5,10-12,19H2. The van der Waals surface area contributed by atoms with E-state index >= 15 is 0 Å². The lowest BCUT2D eigenvalue weighted by molar-refractivity contribution is 0.607. The van der Waals surface area contributed by atoms with Gasteiger partial charge in [0.25, 0.3) is 0 Å². The third-order valence-corrected chi connectivity index (χ3v) is 4.04. The van der Waals surface area contributed by atoms with Gasteiger partial charge < -0.3 is 10.6 Å². The first-order valence-electron chi connectivity index (χ1n) is 7.10. The number of halogens is 1. The van der Waals surface area contributed by atoms with Gasteiger partial charge in [-0.15, -0.1) is 0 Å². The van der Waals surface area contributed by atoms with Crippen molar-refractivity contribution in [2.75, 3.05) is 11.4 Å². The van der Waals surface area contributed by atoms with Gasteiger partial charge in [0.15, 0.2) is 0 Å². The van der Waals surface area contributed by atoms with Crippen molar-refractivity contribution in [3.8, 4) is 0 Å². The van der Waals surface area contributed by atoms with Crippen LogP contribution >= 0.6 is 0 Å². The fourth-order valence-electron chi connectivity index (χ4n) is 3.10. The van der Waals surface area contributed by atoms with E-state index in [1.54, 1.807) is 6.07 Å². The van der Waals surface area contributed by atoms with E-state index < -0.39 is 0 Å². The monoisotopic (exact) mass is 270 g/mol. The Bertz CT molecular complexity index is 583. The van der Waals surface area contributed by atoms with Crippen LogP contribution in [-0.4, -0.2) is 6.54 Å². The van der Waals surface area contributed by atoms with E-state index in [1.165, 1.54) is 11.6 Å². The molecule has 3 rings (SSSR count). The van der Waals surface area contributed by atoms with E-state index in [0.717, 1.165) is 25.1 Å². The summed E-state index contributed by atoms with van der Waals surface area (Å²) in [6.07, 6.45) is 2.23. The third kappa shape index (κ3) is 2.29. The Morgan fingerprint density at radius 1 is 1.10 bits per heavy atom. The maximum absolute atomic E-state index is 13.9. The Kier molecular flexibility index (Phi) is 3.70. The zero-order chi connectivity index (χ0) is 13.9. The number of benzene rings is 2. The fourth-order valence-corrected chi connectivity index (χ4v) is 3.10. The highest BCUT2D eigenvalue weighted by Crippen LogP contribution is 2.38. The van der Waals surface area contributed by atoms with Gasteiger partial charge in [0.2, 0.25) is 0 Å². The van der Waals surface area contributed by atoms with Crippen molar-refractivity contribution in [2.24, 2.45) is 5.73 Å². The Morgan fingerprint density at radius 3 is 2.65 bits per heavy atom. The number of rotatable bonds is 3. The number of anilines is 1. The molecule has 0 aliphatic carbocycles. The Labute approximate surface area is 119 Å². The number of nitrogens with two attached hydrogens (primary N) is 1. The molecule has 1 aliphatic rings. The summed E-state index contributed by atoms with van der Waals surface area (Å²) in [5.41, 5.74) is 8.59. The van der Waals surface area contributed by atoms with Gasteiger partial charge in [0.05, 0.1) is 6.04 Å². The van der Waals surface area contributed by atoms with Gasteiger partial charge >= 0.3 is 0 Å². The summed E-state index contributed by atoms with van der Waals surface area (Å²) < 4.78 is 13.9.